The van der Waals surface area contributed by atoms with E-state index in [0.29, 0.717) is 42.3 Å². The Morgan fingerprint density at radius 1 is 0.926 bits per heavy atom. The monoisotopic (exact) mass is 370 g/mol. The van der Waals surface area contributed by atoms with E-state index in [1.807, 2.05) is 6.07 Å². The maximum Gasteiger partial charge on any atom is 0.259 e. The summed E-state index contributed by atoms with van der Waals surface area (Å²) in [6, 6.07) is 14.0. The van der Waals surface area contributed by atoms with Gasteiger partial charge in [0.05, 0.1) is 30.0 Å². The van der Waals surface area contributed by atoms with Gasteiger partial charge < -0.3 is 20.1 Å². The van der Waals surface area contributed by atoms with Crippen LogP contribution in [-0.4, -0.2) is 38.7 Å². The highest BCUT2D eigenvalue weighted by atomic mass is 16.5. The van der Waals surface area contributed by atoms with Crippen LogP contribution in [0.1, 0.15) is 40.5 Å². The Hall–Kier alpha value is -2.86. The van der Waals surface area contributed by atoms with Crippen molar-refractivity contribution in [3.63, 3.8) is 0 Å². The smallest absolute Gasteiger partial charge is 0.259 e. The Bertz CT molecular complexity index is 761. The SMILES string of the molecule is CCCCOc1ccccc1C(=O)Nc1ccccc1C(=O)NCCOC. The number of nitrogens with one attached hydrogen (secondary N) is 2. The predicted octanol–water partition coefficient (Wildman–Crippen LogP) is 3.49. The number of unbranched alkanes of at least 4 members (excludes halogenated alkanes) is 1. The summed E-state index contributed by atoms with van der Waals surface area (Å²) in [4.78, 5) is 25.1. The van der Waals surface area contributed by atoms with Gasteiger partial charge in [-0.2, -0.15) is 0 Å². The number of methoxy groups -OCH3 is 1. The molecule has 0 heterocycles. The number of hydrogen-bond acceptors (Lipinski definition) is 4. The van der Waals surface area contributed by atoms with Crippen molar-refractivity contribution in [1.29, 1.82) is 0 Å². The molecule has 27 heavy (non-hydrogen) atoms. The maximum atomic E-state index is 12.8. The normalized spacial score (nSPS) is 10.3. The zero-order valence-electron chi connectivity index (χ0n) is 15.8. The van der Waals surface area contributed by atoms with Gasteiger partial charge in [-0.1, -0.05) is 37.6 Å². The molecule has 0 spiro atoms. The van der Waals surface area contributed by atoms with Crippen molar-refractivity contribution < 1.29 is 19.1 Å². The first-order valence-corrected chi connectivity index (χ1v) is 9.06. The van der Waals surface area contributed by atoms with Crippen LogP contribution in [0.25, 0.3) is 0 Å². The van der Waals surface area contributed by atoms with E-state index >= 15 is 0 Å². The van der Waals surface area contributed by atoms with Crippen LogP contribution >= 0.6 is 0 Å². The lowest BCUT2D eigenvalue weighted by Crippen LogP contribution is -2.28. The highest BCUT2D eigenvalue weighted by Crippen LogP contribution is 2.22. The average Bonchev–Trinajstić information content (AvgIpc) is 2.69. The predicted molar refractivity (Wildman–Crippen MR) is 105 cm³/mol. The molecule has 0 aliphatic carbocycles. The van der Waals surface area contributed by atoms with Gasteiger partial charge in [0.15, 0.2) is 0 Å². The molecule has 0 fully saturated rings. The molecule has 0 radical (unpaired) electrons. The molecule has 0 saturated heterocycles. The van der Waals surface area contributed by atoms with Crippen LogP contribution in [0.3, 0.4) is 0 Å². The molecule has 2 aromatic rings. The maximum absolute atomic E-state index is 12.8. The van der Waals surface area contributed by atoms with E-state index in [-0.39, 0.29) is 11.8 Å². The fourth-order valence-electron chi connectivity index (χ4n) is 2.45. The highest BCUT2D eigenvalue weighted by molar-refractivity contribution is 6.10. The minimum Gasteiger partial charge on any atom is -0.493 e. The molecule has 0 saturated carbocycles. The number of ether oxygens (including phenoxy) is 2. The van der Waals surface area contributed by atoms with Crippen LogP contribution in [-0.2, 0) is 4.74 Å². The van der Waals surface area contributed by atoms with Crippen LogP contribution < -0.4 is 15.4 Å². The van der Waals surface area contributed by atoms with Gasteiger partial charge >= 0.3 is 0 Å². The van der Waals surface area contributed by atoms with Crippen LogP contribution in [0.2, 0.25) is 0 Å². The second-order valence-electron chi connectivity index (χ2n) is 5.95. The summed E-state index contributed by atoms with van der Waals surface area (Å²) in [5.74, 6) is -0.0554. The van der Waals surface area contributed by atoms with Gasteiger partial charge in [0, 0.05) is 13.7 Å². The molecule has 0 bridgehead atoms. The van der Waals surface area contributed by atoms with Crippen molar-refractivity contribution in [3.8, 4) is 5.75 Å². The molecule has 2 rings (SSSR count). The number of hydrogen-bond donors (Lipinski definition) is 2. The Balaban J connectivity index is 2.13. The molecular formula is C21H26N2O4. The molecule has 6 heteroatoms. The van der Waals surface area contributed by atoms with Gasteiger partial charge in [-0.15, -0.1) is 0 Å². The van der Waals surface area contributed by atoms with Crippen LogP contribution in [0.5, 0.6) is 5.75 Å². The highest BCUT2D eigenvalue weighted by Gasteiger charge is 2.16. The third-order valence-electron chi connectivity index (χ3n) is 3.90. The molecule has 0 aliphatic heterocycles. The van der Waals surface area contributed by atoms with Gasteiger partial charge in [0.25, 0.3) is 11.8 Å². The van der Waals surface area contributed by atoms with Gasteiger partial charge in [-0.3, -0.25) is 9.59 Å². The fraction of sp³-hybridized carbons (Fsp3) is 0.333. The van der Waals surface area contributed by atoms with Crippen molar-refractivity contribution in [1.82, 2.24) is 5.32 Å². The Morgan fingerprint density at radius 3 is 2.37 bits per heavy atom. The van der Waals surface area contributed by atoms with E-state index in [0.717, 1.165) is 12.8 Å². The third kappa shape index (κ3) is 6.11. The van der Waals surface area contributed by atoms with E-state index < -0.39 is 0 Å². The molecular weight excluding hydrogens is 344 g/mol. The van der Waals surface area contributed by atoms with Crippen molar-refractivity contribution in [2.75, 3.05) is 32.2 Å². The van der Waals surface area contributed by atoms with Crippen molar-refractivity contribution >= 4 is 17.5 Å². The number of para-hydroxylation sites is 2. The first-order valence-electron chi connectivity index (χ1n) is 9.06. The summed E-state index contributed by atoms with van der Waals surface area (Å²) in [6.07, 6.45) is 1.93. The first-order chi connectivity index (χ1) is 13.2. The molecule has 0 unspecified atom stereocenters. The number of amides is 2. The van der Waals surface area contributed by atoms with Crippen LogP contribution in [0.15, 0.2) is 48.5 Å². The number of anilines is 1. The van der Waals surface area contributed by atoms with E-state index in [9.17, 15) is 9.59 Å². The molecule has 2 N–H and O–H groups in total. The van der Waals surface area contributed by atoms with Crippen molar-refractivity contribution in [3.05, 3.63) is 59.7 Å². The summed E-state index contributed by atoms with van der Waals surface area (Å²) in [6.45, 7) is 3.45. The Labute approximate surface area is 159 Å². The zero-order valence-corrected chi connectivity index (χ0v) is 15.8. The quantitative estimate of drug-likeness (QED) is 0.628. The lowest BCUT2D eigenvalue weighted by molar-refractivity contribution is 0.0938. The van der Waals surface area contributed by atoms with E-state index in [2.05, 4.69) is 17.6 Å². The third-order valence-corrected chi connectivity index (χ3v) is 3.90. The molecule has 0 aromatic heterocycles. The fourth-order valence-corrected chi connectivity index (χ4v) is 2.45. The second kappa shape index (κ2) is 11.0. The summed E-state index contributed by atoms with van der Waals surface area (Å²) in [5.41, 5.74) is 1.27. The lowest BCUT2D eigenvalue weighted by atomic mass is 10.1. The molecule has 6 nitrogen and oxygen atoms in total. The van der Waals surface area contributed by atoms with Crippen LogP contribution in [0.4, 0.5) is 5.69 Å². The molecule has 2 aromatic carbocycles. The standard InChI is InChI=1S/C21H26N2O4/c1-3-4-14-27-19-12-8-6-10-17(19)21(25)23-18-11-7-5-9-16(18)20(24)22-13-15-26-2/h5-12H,3-4,13-15H2,1-2H3,(H,22,24)(H,23,25). The summed E-state index contributed by atoms with van der Waals surface area (Å²) >= 11 is 0. The van der Waals surface area contributed by atoms with Gasteiger partial charge in [0.2, 0.25) is 0 Å². The Kier molecular flexibility index (Phi) is 8.32. The number of carbonyl (C=O) groups excluding carboxylic acids is 2. The van der Waals surface area contributed by atoms with Crippen LogP contribution in [0, 0.1) is 0 Å². The summed E-state index contributed by atoms with van der Waals surface area (Å²) in [5, 5.41) is 5.58. The number of benzene rings is 2. The van der Waals surface area contributed by atoms with Crippen molar-refractivity contribution in [2.24, 2.45) is 0 Å². The van der Waals surface area contributed by atoms with Crippen molar-refractivity contribution in [2.45, 2.75) is 19.8 Å². The zero-order chi connectivity index (χ0) is 19.5. The first kappa shape index (κ1) is 20.5. The summed E-state index contributed by atoms with van der Waals surface area (Å²) in [7, 11) is 1.57. The minimum absolute atomic E-state index is 0.268. The van der Waals surface area contributed by atoms with E-state index in [4.69, 9.17) is 9.47 Å². The second-order valence-corrected chi connectivity index (χ2v) is 5.95. The number of carbonyl (C=O) groups is 2. The summed E-state index contributed by atoms with van der Waals surface area (Å²) < 4.78 is 10.7. The van der Waals surface area contributed by atoms with E-state index in [1.165, 1.54) is 0 Å². The average molecular weight is 370 g/mol. The topological polar surface area (TPSA) is 76.7 Å². The largest absolute Gasteiger partial charge is 0.493 e. The molecule has 0 atom stereocenters. The molecule has 144 valence electrons. The minimum atomic E-state index is -0.320. The van der Waals surface area contributed by atoms with Gasteiger partial charge in [-0.05, 0) is 30.7 Å². The van der Waals surface area contributed by atoms with Gasteiger partial charge in [0.1, 0.15) is 5.75 Å². The molecule has 2 amide bonds. The van der Waals surface area contributed by atoms with Gasteiger partial charge in [-0.25, -0.2) is 0 Å². The lowest BCUT2D eigenvalue weighted by Gasteiger charge is -2.14. The number of rotatable bonds is 10. The molecule has 0 aliphatic rings. The van der Waals surface area contributed by atoms with E-state index in [1.54, 1.807) is 49.6 Å². The Morgan fingerprint density at radius 2 is 1.63 bits per heavy atom.